The molecule has 0 radical (unpaired) electrons. The minimum atomic E-state index is -1.17. The fourth-order valence-corrected chi connectivity index (χ4v) is 0.861. The van der Waals surface area contributed by atoms with Crippen LogP contribution in [0.4, 0.5) is 0 Å². The quantitative estimate of drug-likeness (QED) is 0.223. The molecule has 0 aliphatic rings. The third kappa shape index (κ3) is 2.98. The van der Waals surface area contributed by atoms with E-state index in [9.17, 15) is 14.7 Å². The van der Waals surface area contributed by atoms with Crippen molar-refractivity contribution in [1.29, 1.82) is 0 Å². The summed E-state index contributed by atoms with van der Waals surface area (Å²) in [6, 6.07) is 3.77. The van der Waals surface area contributed by atoms with Crippen molar-refractivity contribution in [2.24, 2.45) is 10.8 Å². The maximum absolute atomic E-state index is 10.7. The van der Waals surface area contributed by atoms with E-state index in [0.717, 1.165) is 6.21 Å². The molecule has 0 aliphatic carbocycles. The Hall–Kier alpha value is -2.57. The smallest absolute Gasteiger partial charge is 0.329 e. The molecule has 0 heterocycles. The van der Waals surface area contributed by atoms with Gasteiger partial charge in [-0.3, -0.25) is 9.59 Å². The number of nitrogens with one attached hydrogen (secondary N) is 1. The summed E-state index contributed by atoms with van der Waals surface area (Å²) in [6.45, 7) is 0. The average molecular weight is 223 g/mol. The van der Waals surface area contributed by atoms with E-state index in [4.69, 9.17) is 5.11 Å². The normalized spacial score (nSPS) is 10.2. The standard InChI is InChI=1S/C9H9N3O4/c10-8(15)9(16)12-11-4-5-3-6(13)1-2-7(5)14/h1-4,13-14H,(H2,10,15)(H,12,16)/b11-4-. The van der Waals surface area contributed by atoms with Crippen LogP contribution in [0.2, 0.25) is 0 Å². The molecule has 16 heavy (non-hydrogen) atoms. The van der Waals surface area contributed by atoms with Crippen LogP contribution in [0.3, 0.4) is 0 Å². The number of amides is 2. The van der Waals surface area contributed by atoms with E-state index < -0.39 is 11.8 Å². The molecule has 2 amide bonds. The van der Waals surface area contributed by atoms with Crippen molar-refractivity contribution < 1.29 is 19.8 Å². The lowest BCUT2D eigenvalue weighted by Crippen LogP contribution is -2.32. The predicted octanol–water partition coefficient (Wildman–Crippen LogP) is -0.967. The van der Waals surface area contributed by atoms with Gasteiger partial charge in [-0.15, -0.1) is 0 Å². The highest BCUT2D eigenvalue weighted by molar-refractivity contribution is 6.34. The summed E-state index contributed by atoms with van der Waals surface area (Å²) in [7, 11) is 0. The van der Waals surface area contributed by atoms with Crippen molar-refractivity contribution in [3.63, 3.8) is 0 Å². The van der Waals surface area contributed by atoms with Crippen LogP contribution < -0.4 is 11.2 Å². The predicted molar refractivity (Wildman–Crippen MR) is 54.7 cm³/mol. The number of phenolic OH excluding ortho intramolecular Hbond substituents is 2. The van der Waals surface area contributed by atoms with Crippen molar-refractivity contribution in [1.82, 2.24) is 5.43 Å². The van der Waals surface area contributed by atoms with Crippen LogP contribution in [0.15, 0.2) is 23.3 Å². The summed E-state index contributed by atoms with van der Waals surface area (Å²) < 4.78 is 0. The Kier molecular flexibility index (Phi) is 3.44. The second kappa shape index (κ2) is 4.78. The molecule has 0 saturated heterocycles. The molecule has 0 saturated carbocycles. The molecule has 0 fully saturated rings. The Morgan fingerprint density at radius 3 is 2.69 bits per heavy atom. The zero-order valence-electron chi connectivity index (χ0n) is 8.04. The molecule has 0 aromatic heterocycles. The first-order chi connectivity index (χ1) is 7.50. The lowest BCUT2D eigenvalue weighted by molar-refractivity contribution is -0.137. The third-order valence-electron chi connectivity index (χ3n) is 1.60. The fraction of sp³-hybridized carbons (Fsp3) is 0. The van der Waals surface area contributed by atoms with Crippen molar-refractivity contribution >= 4 is 18.0 Å². The zero-order valence-corrected chi connectivity index (χ0v) is 8.04. The second-order valence-corrected chi connectivity index (χ2v) is 2.81. The number of hydrogen-bond donors (Lipinski definition) is 4. The largest absolute Gasteiger partial charge is 0.508 e. The van der Waals surface area contributed by atoms with Gasteiger partial charge in [0.05, 0.1) is 6.21 Å². The molecular formula is C9H9N3O4. The van der Waals surface area contributed by atoms with Gasteiger partial charge in [-0.1, -0.05) is 0 Å². The molecule has 0 unspecified atom stereocenters. The number of nitrogens with zero attached hydrogens (tertiary/aromatic N) is 1. The Bertz CT molecular complexity index is 456. The van der Waals surface area contributed by atoms with Crippen LogP contribution in [-0.4, -0.2) is 28.2 Å². The Morgan fingerprint density at radius 2 is 2.06 bits per heavy atom. The van der Waals surface area contributed by atoms with Gasteiger partial charge >= 0.3 is 11.8 Å². The van der Waals surface area contributed by atoms with Crippen LogP contribution >= 0.6 is 0 Å². The molecule has 7 heteroatoms. The molecule has 1 aromatic rings. The molecule has 0 aliphatic heterocycles. The number of carbonyl (C=O) groups is 2. The van der Waals surface area contributed by atoms with E-state index in [1.54, 1.807) is 0 Å². The Morgan fingerprint density at radius 1 is 1.38 bits per heavy atom. The highest BCUT2D eigenvalue weighted by Gasteiger charge is 2.05. The molecule has 7 nitrogen and oxygen atoms in total. The van der Waals surface area contributed by atoms with Gasteiger partial charge in [0.25, 0.3) is 0 Å². The monoisotopic (exact) mass is 223 g/mol. The summed E-state index contributed by atoms with van der Waals surface area (Å²) in [5.41, 5.74) is 6.68. The maximum atomic E-state index is 10.7. The van der Waals surface area contributed by atoms with Crippen molar-refractivity contribution in [2.75, 3.05) is 0 Å². The number of carbonyl (C=O) groups excluding carboxylic acids is 2. The summed E-state index contributed by atoms with van der Waals surface area (Å²) in [4.78, 5) is 21.0. The topological polar surface area (TPSA) is 125 Å². The first kappa shape index (κ1) is 11.5. The first-order valence-electron chi connectivity index (χ1n) is 4.15. The van der Waals surface area contributed by atoms with Crippen molar-refractivity contribution in [3.05, 3.63) is 23.8 Å². The molecule has 84 valence electrons. The Labute approximate surface area is 90.2 Å². The maximum Gasteiger partial charge on any atom is 0.329 e. The van der Waals surface area contributed by atoms with E-state index in [1.807, 2.05) is 5.43 Å². The van der Waals surface area contributed by atoms with Gasteiger partial charge in [-0.05, 0) is 18.2 Å². The highest BCUT2D eigenvalue weighted by Crippen LogP contribution is 2.19. The number of hydrogen-bond acceptors (Lipinski definition) is 5. The van der Waals surface area contributed by atoms with Crippen LogP contribution in [0.25, 0.3) is 0 Å². The minimum Gasteiger partial charge on any atom is -0.508 e. The SMILES string of the molecule is NC(=O)C(=O)N/N=C\c1cc(O)ccc1O. The number of benzene rings is 1. The van der Waals surface area contributed by atoms with E-state index in [-0.39, 0.29) is 17.1 Å². The number of nitrogens with two attached hydrogens (primary N) is 1. The lowest BCUT2D eigenvalue weighted by Gasteiger charge is -1.99. The van der Waals surface area contributed by atoms with E-state index in [0.29, 0.717) is 0 Å². The van der Waals surface area contributed by atoms with Gasteiger partial charge in [0.2, 0.25) is 0 Å². The molecule has 1 aromatic carbocycles. The van der Waals surface area contributed by atoms with E-state index in [2.05, 4.69) is 10.8 Å². The molecule has 5 N–H and O–H groups in total. The summed E-state index contributed by atoms with van der Waals surface area (Å²) in [5, 5.41) is 21.8. The Balaban J connectivity index is 2.73. The van der Waals surface area contributed by atoms with Gasteiger partial charge in [0, 0.05) is 5.56 Å². The van der Waals surface area contributed by atoms with E-state index in [1.165, 1.54) is 18.2 Å². The van der Waals surface area contributed by atoms with Gasteiger partial charge in [-0.2, -0.15) is 5.10 Å². The minimum absolute atomic E-state index is 0.0690. The molecule has 1 rings (SSSR count). The van der Waals surface area contributed by atoms with Crippen LogP contribution in [0.1, 0.15) is 5.56 Å². The van der Waals surface area contributed by atoms with E-state index >= 15 is 0 Å². The van der Waals surface area contributed by atoms with Crippen molar-refractivity contribution in [3.8, 4) is 11.5 Å². The third-order valence-corrected chi connectivity index (χ3v) is 1.60. The van der Waals surface area contributed by atoms with Crippen molar-refractivity contribution in [2.45, 2.75) is 0 Å². The second-order valence-electron chi connectivity index (χ2n) is 2.81. The molecule has 0 atom stereocenters. The summed E-state index contributed by atoms with van der Waals surface area (Å²) in [5.74, 6) is -2.44. The van der Waals surface area contributed by atoms with Gasteiger partial charge in [-0.25, -0.2) is 5.43 Å². The van der Waals surface area contributed by atoms with Crippen LogP contribution in [0.5, 0.6) is 11.5 Å². The van der Waals surface area contributed by atoms with Gasteiger partial charge in [0.1, 0.15) is 11.5 Å². The summed E-state index contributed by atoms with van der Waals surface area (Å²) in [6.07, 6.45) is 1.07. The molecular weight excluding hydrogens is 214 g/mol. The number of hydrazone groups is 1. The molecule has 0 bridgehead atoms. The van der Waals surface area contributed by atoms with Crippen LogP contribution in [-0.2, 0) is 9.59 Å². The highest BCUT2D eigenvalue weighted by atomic mass is 16.3. The van der Waals surface area contributed by atoms with Gasteiger partial charge < -0.3 is 15.9 Å². The zero-order chi connectivity index (χ0) is 12.1. The number of rotatable bonds is 2. The average Bonchev–Trinajstić information content (AvgIpc) is 2.22. The fourth-order valence-electron chi connectivity index (χ4n) is 0.861. The number of phenols is 2. The number of primary amides is 1. The number of aromatic hydroxyl groups is 2. The summed E-state index contributed by atoms with van der Waals surface area (Å²) >= 11 is 0. The first-order valence-corrected chi connectivity index (χ1v) is 4.15. The van der Waals surface area contributed by atoms with Gasteiger partial charge in [0.15, 0.2) is 0 Å². The van der Waals surface area contributed by atoms with Crippen LogP contribution in [0, 0.1) is 0 Å². The molecule has 0 spiro atoms. The lowest BCUT2D eigenvalue weighted by atomic mass is 10.2.